The molecule has 3 saturated carbocycles. The molecular weight excluding hydrogens is 404 g/mol. The Kier molecular flexibility index (Phi) is 6.19. The predicted octanol–water partition coefficient (Wildman–Crippen LogP) is 7.33. The second-order valence-corrected chi connectivity index (χ2v) is 13.8. The van der Waals surface area contributed by atoms with E-state index >= 15 is 0 Å². The Balaban J connectivity index is 1.66. The normalized spacial score (nSPS) is 47.6. The lowest BCUT2D eigenvalue weighted by molar-refractivity contribution is -0.157. The predicted molar refractivity (Wildman–Crippen MR) is 139 cm³/mol. The van der Waals surface area contributed by atoms with Crippen LogP contribution in [0, 0.1) is 51.2 Å². The van der Waals surface area contributed by atoms with E-state index in [1.165, 1.54) is 36.8 Å². The molecule has 4 aliphatic rings. The van der Waals surface area contributed by atoms with Gasteiger partial charge in [0.2, 0.25) is 0 Å². The van der Waals surface area contributed by atoms with Crippen LogP contribution in [0.15, 0.2) is 36.0 Å². The van der Waals surface area contributed by atoms with Crippen LogP contribution in [0.4, 0.5) is 0 Å². The Labute approximate surface area is 203 Å². The minimum absolute atomic E-state index is 0.214. The molecule has 0 bridgehead atoms. The fourth-order valence-corrected chi connectivity index (χ4v) is 9.23. The third-order valence-electron chi connectivity index (χ3n) is 12.0. The van der Waals surface area contributed by atoms with Crippen LogP contribution in [-0.2, 0) is 0 Å². The van der Waals surface area contributed by atoms with Gasteiger partial charge in [-0.15, -0.1) is 0 Å². The van der Waals surface area contributed by atoms with Crippen LogP contribution in [0.5, 0.6) is 0 Å². The van der Waals surface area contributed by atoms with Crippen molar-refractivity contribution in [3.63, 3.8) is 0 Å². The summed E-state index contributed by atoms with van der Waals surface area (Å²) in [7, 11) is 0. The topological polar surface area (TPSA) is 40.5 Å². The molecule has 0 aromatic rings. The van der Waals surface area contributed by atoms with Gasteiger partial charge < -0.3 is 10.2 Å². The summed E-state index contributed by atoms with van der Waals surface area (Å²) in [6, 6.07) is 0. The average molecular weight is 455 g/mol. The Morgan fingerprint density at radius 2 is 1.61 bits per heavy atom. The maximum Gasteiger partial charge on any atom is 0.0658 e. The molecule has 3 fully saturated rings. The third kappa shape index (κ3) is 3.40. The summed E-state index contributed by atoms with van der Waals surface area (Å²) in [5.41, 5.74) is 2.71. The van der Waals surface area contributed by atoms with E-state index in [2.05, 4.69) is 80.2 Å². The third-order valence-corrected chi connectivity index (χ3v) is 12.0. The fourth-order valence-electron chi connectivity index (χ4n) is 9.23. The number of fused-ring (bicyclic) bond motifs is 5. The van der Waals surface area contributed by atoms with Crippen LogP contribution in [-0.4, -0.2) is 22.4 Å². The van der Waals surface area contributed by atoms with E-state index in [4.69, 9.17) is 0 Å². The summed E-state index contributed by atoms with van der Waals surface area (Å²) in [5, 5.41) is 22.2. The van der Waals surface area contributed by atoms with Crippen molar-refractivity contribution in [3.05, 3.63) is 36.0 Å². The second-order valence-electron chi connectivity index (χ2n) is 13.8. The van der Waals surface area contributed by atoms with Crippen molar-refractivity contribution in [1.82, 2.24) is 0 Å². The quantitative estimate of drug-likeness (QED) is 0.345. The molecule has 0 radical (unpaired) electrons. The van der Waals surface area contributed by atoms with Crippen LogP contribution in [0.3, 0.4) is 0 Å². The van der Waals surface area contributed by atoms with E-state index in [-0.39, 0.29) is 10.8 Å². The highest BCUT2D eigenvalue weighted by Crippen LogP contribution is 2.73. The van der Waals surface area contributed by atoms with E-state index < -0.39 is 12.2 Å². The van der Waals surface area contributed by atoms with Crippen LogP contribution in [0.2, 0.25) is 0 Å². The molecule has 0 heterocycles. The average Bonchev–Trinajstić information content (AvgIpc) is 3.02. The maximum absolute atomic E-state index is 11.4. The van der Waals surface area contributed by atoms with Gasteiger partial charge in [0.15, 0.2) is 0 Å². The zero-order chi connectivity index (χ0) is 24.6. The summed E-state index contributed by atoms with van der Waals surface area (Å²) in [6.07, 6.45) is 12.9. The van der Waals surface area contributed by atoms with E-state index in [1.807, 2.05) is 0 Å². The lowest BCUT2D eigenvalue weighted by Gasteiger charge is -2.65. The zero-order valence-electron chi connectivity index (χ0n) is 22.6. The first-order valence-corrected chi connectivity index (χ1v) is 13.7. The van der Waals surface area contributed by atoms with Crippen LogP contribution in [0.25, 0.3) is 0 Å². The van der Waals surface area contributed by atoms with Gasteiger partial charge in [-0.2, -0.15) is 0 Å². The minimum atomic E-state index is -0.461. The largest absolute Gasteiger partial charge is 0.392 e. The molecule has 186 valence electrons. The first kappa shape index (κ1) is 25.2. The summed E-state index contributed by atoms with van der Waals surface area (Å²) in [5.74, 6) is 2.87. The molecule has 0 amide bonds. The van der Waals surface area contributed by atoms with Crippen molar-refractivity contribution in [2.75, 3.05) is 0 Å². The molecule has 2 heteroatoms. The smallest absolute Gasteiger partial charge is 0.0658 e. The van der Waals surface area contributed by atoms with Crippen LogP contribution >= 0.6 is 0 Å². The fraction of sp³-hybridized carbons (Fsp3) is 0.806. The number of aliphatic hydroxyl groups is 2. The van der Waals surface area contributed by atoms with Crippen LogP contribution < -0.4 is 0 Å². The van der Waals surface area contributed by atoms with E-state index in [1.54, 1.807) is 0 Å². The lowest BCUT2D eigenvalue weighted by Crippen LogP contribution is -2.62. The summed E-state index contributed by atoms with van der Waals surface area (Å²) in [6.45, 7) is 23.0. The van der Waals surface area contributed by atoms with Crippen LogP contribution in [0.1, 0.15) is 93.9 Å². The monoisotopic (exact) mass is 454 g/mol. The molecule has 2 nitrogen and oxygen atoms in total. The first-order chi connectivity index (χ1) is 15.2. The molecule has 9 unspecified atom stereocenters. The Morgan fingerprint density at radius 1 is 0.970 bits per heavy atom. The standard InChI is InChI=1S/C31H50O2/c1-19(2)20(3)10-11-21(4)22-14-16-30(8)23-12-13-25-28(5,6)26(32)18-27(33)31(25,9)24(23)15-17-29(22,30)7/h10-11,13,19,21-24,26-27,32-33H,3,12,14-18H2,1-2,4-9H3. The highest BCUT2D eigenvalue weighted by Gasteiger charge is 2.67. The van der Waals surface area contributed by atoms with E-state index in [0.29, 0.717) is 46.8 Å². The van der Waals surface area contributed by atoms with Gasteiger partial charge in [-0.05, 0) is 72.5 Å². The Hall–Kier alpha value is -0.860. The molecule has 0 aliphatic heterocycles. The van der Waals surface area contributed by atoms with Gasteiger partial charge in [-0.25, -0.2) is 0 Å². The van der Waals surface area contributed by atoms with Crippen molar-refractivity contribution < 1.29 is 10.2 Å². The molecule has 33 heavy (non-hydrogen) atoms. The Morgan fingerprint density at radius 3 is 2.24 bits per heavy atom. The summed E-state index contributed by atoms with van der Waals surface area (Å²) >= 11 is 0. The van der Waals surface area contributed by atoms with Gasteiger partial charge in [0.1, 0.15) is 0 Å². The molecule has 0 spiro atoms. The minimum Gasteiger partial charge on any atom is -0.392 e. The highest BCUT2D eigenvalue weighted by atomic mass is 16.3. The number of hydrogen-bond acceptors (Lipinski definition) is 2. The van der Waals surface area contributed by atoms with Gasteiger partial charge in [0.05, 0.1) is 12.2 Å². The molecule has 0 aromatic carbocycles. The van der Waals surface area contributed by atoms with Gasteiger partial charge in [0.25, 0.3) is 0 Å². The molecule has 2 N–H and O–H groups in total. The SMILES string of the molecule is C=C(C=CC(C)C1CCC2(C)C3CC=C4C(C)(C)C(O)CC(O)C4(C)C3CCC12C)C(C)C. The van der Waals surface area contributed by atoms with Crippen molar-refractivity contribution in [3.8, 4) is 0 Å². The van der Waals surface area contributed by atoms with Gasteiger partial charge in [-0.1, -0.05) is 91.3 Å². The molecule has 0 saturated heterocycles. The number of rotatable bonds is 4. The zero-order valence-corrected chi connectivity index (χ0v) is 22.6. The van der Waals surface area contributed by atoms with Crippen molar-refractivity contribution in [2.45, 2.75) is 106 Å². The number of aliphatic hydroxyl groups excluding tert-OH is 2. The summed E-state index contributed by atoms with van der Waals surface area (Å²) < 4.78 is 0. The molecule has 4 rings (SSSR count). The van der Waals surface area contributed by atoms with Gasteiger partial charge in [-0.3, -0.25) is 0 Å². The van der Waals surface area contributed by atoms with Crippen molar-refractivity contribution >= 4 is 0 Å². The number of hydrogen-bond donors (Lipinski definition) is 2. The molecule has 4 aliphatic carbocycles. The van der Waals surface area contributed by atoms with E-state index in [9.17, 15) is 10.2 Å². The van der Waals surface area contributed by atoms with E-state index in [0.717, 1.165) is 6.42 Å². The molecule has 9 atom stereocenters. The van der Waals surface area contributed by atoms with Gasteiger partial charge in [0, 0.05) is 17.3 Å². The van der Waals surface area contributed by atoms with Crippen molar-refractivity contribution in [2.24, 2.45) is 51.2 Å². The summed E-state index contributed by atoms with van der Waals surface area (Å²) in [4.78, 5) is 0. The maximum atomic E-state index is 11.4. The molecular formula is C31H50O2. The Bertz CT molecular complexity index is 849. The first-order valence-electron chi connectivity index (χ1n) is 13.7. The highest BCUT2D eigenvalue weighted by molar-refractivity contribution is 5.34. The number of allylic oxidation sites excluding steroid dienone is 4. The lowest BCUT2D eigenvalue weighted by atomic mass is 9.40. The van der Waals surface area contributed by atoms with Crippen molar-refractivity contribution in [1.29, 1.82) is 0 Å². The molecule has 0 aromatic heterocycles. The van der Waals surface area contributed by atoms with Gasteiger partial charge >= 0.3 is 0 Å². The second kappa shape index (κ2) is 8.09.